The molecule has 2 amide bonds. The number of nitrogens with zero attached hydrogens (tertiary/aromatic N) is 1. The highest BCUT2D eigenvalue weighted by Gasteiger charge is 2.16. The molecule has 148 valence electrons. The van der Waals surface area contributed by atoms with Gasteiger partial charge in [0, 0.05) is 29.4 Å². The minimum Gasteiger partial charge on any atom is -0.481 e. The van der Waals surface area contributed by atoms with Crippen LogP contribution >= 0.6 is 0 Å². The molecular formula is C20H23N3O5. The molecule has 2 N–H and O–H groups in total. The Morgan fingerprint density at radius 3 is 2.43 bits per heavy atom. The van der Waals surface area contributed by atoms with Gasteiger partial charge in [-0.25, -0.2) is 0 Å². The first-order valence-electron chi connectivity index (χ1n) is 8.93. The maximum atomic E-state index is 12.4. The molecule has 2 unspecified atom stereocenters. The maximum absolute atomic E-state index is 12.4. The number of carbonyl (C=O) groups is 2. The van der Waals surface area contributed by atoms with Crippen LogP contribution < -0.4 is 15.4 Å². The van der Waals surface area contributed by atoms with Crippen molar-refractivity contribution in [1.82, 2.24) is 5.32 Å². The summed E-state index contributed by atoms with van der Waals surface area (Å²) in [5.41, 5.74) is 0.861. The summed E-state index contributed by atoms with van der Waals surface area (Å²) in [7, 11) is 0. The van der Waals surface area contributed by atoms with E-state index in [0.29, 0.717) is 17.0 Å². The smallest absolute Gasteiger partial charge is 0.269 e. The van der Waals surface area contributed by atoms with E-state index in [1.165, 1.54) is 24.3 Å². The molecule has 2 atom stereocenters. The zero-order valence-electron chi connectivity index (χ0n) is 16.0. The molecule has 0 radical (unpaired) electrons. The Kier molecular flexibility index (Phi) is 7.08. The van der Waals surface area contributed by atoms with E-state index in [4.69, 9.17) is 4.74 Å². The number of hydrogen-bond acceptors (Lipinski definition) is 5. The van der Waals surface area contributed by atoms with E-state index in [1.807, 2.05) is 13.8 Å². The van der Waals surface area contributed by atoms with Crippen LogP contribution in [0.2, 0.25) is 0 Å². The van der Waals surface area contributed by atoms with Gasteiger partial charge >= 0.3 is 0 Å². The Labute approximate surface area is 163 Å². The molecule has 8 heteroatoms. The van der Waals surface area contributed by atoms with Crippen LogP contribution in [-0.4, -0.2) is 28.9 Å². The van der Waals surface area contributed by atoms with Gasteiger partial charge < -0.3 is 15.4 Å². The van der Waals surface area contributed by atoms with Crippen molar-refractivity contribution in [1.29, 1.82) is 0 Å². The lowest BCUT2D eigenvalue weighted by atomic mass is 10.1. The van der Waals surface area contributed by atoms with Gasteiger partial charge in [0.2, 0.25) is 0 Å². The van der Waals surface area contributed by atoms with Gasteiger partial charge in [-0.1, -0.05) is 13.0 Å². The summed E-state index contributed by atoms with van der Waals surface area (Å²) in [4.78, 5) is 34.7. The van der Waals surface area contributed by atoms with Crippen molar-refractivity contribution >= 4 is 23.2 Å². The Morgan fingerprint density at radius 2 is 1.82 bits per heavy atom. The van der Waals surface area contributed by atoms with Gasteiger partial charge in [0.25, 0.3) is 17.5 Å². The first kappa shape index (κ1) is 20.9. The van der Waals surface area contributed by atoms with Crippen LogP contribution in [0.4, 0.5) is 11.4 Å². The monoisotopic (exact) mass is 385 g/mol. The number of nitro benzene ring substituents is 1. The van der Waals surface area contributed by atoms with E-state index >= 15 is 0 Å². The molecule has 0 bridgehead atoms. The van der Waals surface area contributed by atoms with E-state index in [9.17, 15) is 19.7 Å². The Morgan fingerprint density at radius 1 is 1.14 bits per heavy atom. The van der Waals surface area contributed by atoms with Crippen LogP contribution in [0.5, 0.6) is 5.75 Å². The summed E-state index contributed by atoms with van der Waals surface area (Å²) in [5, 5.41) is 16.2. The fourth-order valence-corrected chi connectivity index (χ4v) is 2.30. The van der Waals surface area contributed by atoms with Gasteiger partial charge in [0.15, 0.2) is 6.10 Å². The summed E-state index contributed by atoms with van der Waals surface area (Å²) in [6.07, 6.45) is -0.0151. The molecule has 0 saturated heterocycles. The third-order valence-electron chi connectivity index (χ3n) is 4.11. The summed E-state index contributed by atoms with van der Waals surface area (Å²) < 4.78 is 5.51. The van der Waals surface area contributed by atoms with Gasteiger partial charge in [-0.3, -0.25) is 19.7 Å². The molecule has 0 aliphatic carbocycles. The first-order chi connectivity index (χ1) is 13.3. The second kappa shape index (κ2) is 9.50. The maximum Gasteiger partial charge on any atom is 0.269 e. The van der Waals surface area contributed by atoms with E-state index in [2.05, 4.69) is 10.6 Å². The zero-order valence-corrected chi connectivity index (χ0v) is 16.0. The lowest BCUT2D eigenvalue weighted by Gasteiger charge is -2.15. The molecule has 8 nitrogen and oxygen atoms in total. The van der Waals surface area contributed by atoms with Gasteiger partial charge in [0.05, 0.1) is 4.92 Å². The lowest BCUT2D eigenvalue weighted by Crippen LogP contribution is -2.32. The normalized spacial score (nSPS) is 12.5. The molecule has 0 aliphatic heterocycles. The summed E-state index contributed by atoms with van der Waals surface area (Å²) in [6, 6.07) is 12.2. The molecule has 2 aromatic carbocycles. The SMILES string of the molecule is CCC(C)NC(=O)c1cccc(NC(=O)C(C)Oc2ccc([N+](=O)[O-])cc2)c1. The Bertz CT molecular complexity index is 851. The van der Waals surface area contributed by atoms with Crippen molar-refractivity contribution in [2.24, 2.45) is 0 Å². The fourth-order valence-electron chi connectivity index (χ4n) is 2.30. The van der Waals surface area contributed by atoms with Crippen LogP contribution in [0.25, 0.3) is 0 Å². The standard InChI is InChI=1S/C20H23N3O5/c1-4-13(2)21-20(25)15-6-5-7-16(12-15)22-19(24)14(3)28-18-10-8-17(9-11-18)23(26)27/h5-14H,4H2,1-3H3,(H,21,25)(H,22,24). The van der Waals surface area contributed by atoms with Crippen molar-refractivity contribution < 1.29 is 19.2 Å². The summed E-state index contributed by atoms with van der Waals surface area (Å²) in [6.45, 7) is 5.46. The topological polar surface area (TPSA) is 111 Å². The third-order valence-corrected chi connectivity index (χ3v) is 4.11. The largest absolute Gasteiger partial charge is 0.481 e. The molecule has 0 saturated carbocycles. The van der Waals surface area contributed by atoms with Crippen LogP contribution in [0.3, 0.4) is 0 Å². The van der Waals surface area contributed by atoms with Crippen molar-refractivity contribution in [3.63, 3.8) is 0 Å². The van der Waals surface area contributed by atoms with E-state index in [0.717, 1.165) is 6.42 Å². The molecule has 0 heterocycles. The lowest BCUT2D eigenvalue weighted by molar-refractivity contribution is -0.384. The van der Waals surface area contributed by atoms with Crippen molar-refractivity contribution in [2.45, 2.75) is 39.3 Å². The highest BCUT2D eigenvalue weighted by atomic mass is 16.6. The molecule has 2 rings (SSSR count). The summed E-state index contributed by atoms with van der Waals surface area (Å²) in [5.74, 6) is -0.270. The number of benzene rings is 2. The average Bonchev–Trinajstić information content (AvgIpc) is 2.68. The molecule has 0 aromatic heterocycles. The van der Waals surface area contributed by atoms with Crippen LogP contribution in [0.1, 0.15) is 37.6 Å². The molecular weight excluding hydrogens is 362 g/mol. The first-order valence-corrected chi connectivity index (χ1v) is 8.93. The minimum absolute atomic E-state index is 0.0564. The van der Waals surface area contributed by atoms with E-state index < -0.39 is 16.9 Å². The number of anilines is 1. The fraction of sp³-hybridized carbons (Fsp3) is 0.300. The third kappa shape index (κ3) is 5.80. The number of carbonyl (C=O) groups excluding carboxylic acids is 2. The highest BCUT2D eigenvalue weighted by molar-refractivity contribution is 5.98. The van der Waals surface area contributed by atoms with Gasteiger partial charge in [-0.05, 0) is 50.6 Å². The van der Waals surface area contributed by atoms with Gasteiger partial charge in [-0.2, -0.15) is 0 Å². The molecule has 2 aromatic rings. The van der Waals surface area contributed by atoms with Crippen LogP contribution in [-0.2, 0) is 4.79 Å². The second-order valence-corrected chi connectivity index (χ2v) is 6.36. The summed E-state index contributed by atoms with van der Waals surface area (Å²) >= 11 is 0. The molecule has 0 fully saturated rings. The number of non-ortho nitro benzene ring substituents is 1. The zero-order chi connectivity index (χ0) is 20.7. The number of nitrogens with one attached hydrogen (secondary N) is 2. The second-order valence-electron chi connectivity index (χ2n) is 6.36. The van der Waals surface area contributed by atoms with E-state index in [1.54, 1.807) is 31.2 Å². The minimum atomic E-state index is -0.834. The predicted octanol–water partition coefficient (Wildman–Crippen LogP) is 3.53. The number of nitro groups is 1. The Balaban J connectivity index is 1.98. The number of ether oxygens (including phenoxy) is 1. The highest BCUT2D eigenvalue weighted by Crippen LogP contribution is 2.19. The number of rotatable bonds is 8. The molecule has 0 spiro atoms. The average molecular weight is 385 g/mol. The van der Waals surface area contributed by atoms with Crippen molar-refractivity contribution in [3.8, 4) is 5.75 Å². The number of hydrogen-bond donors (Lipinski definition) is 2. The quantitative estimate of drug-likeness (QED) is 0.533. The van der Waals surface area contributed by atoms with Crippen LogP contribution in [0, 0.1) is 10.1 Å². The number of amides is 2. The van der Waals surface area contributed by atoms with Crippen molar-refractivity contribution in [2.75, 3.05) is 5.32 Å². The molecule has 0 aliphatic rings. The van der Waals surface area contributed by atoms with Gasteiger partial charge in [0.1, 0.15) is 5.75 Å². The van der Waals surface area contributed by atoms with Crippen LogP contribution in [0.15, 0.2) is 48.5 Å². The molecule has 28 heavy (non-hydrogen) atoms. The Hall–Kier alpha value is -3.42. The van der Waals surface area contributed by atoms with Crippen molar-refractivity contribution in [3.05, 3.63) is 64.2 Å². The predicted molar refractivity (Wildman–Crippen MR) is 105 cm³/mol. The van der Waals surface area contributed by atoms with E-state index in [-0.39, 0.29) is 17.6 Å². The van der Waals surface area contributed by atoms with Gasteiger partial charge in [-0.15, -0.1) is 0 Å².